The van der Waals surface area contributed by atoms with Crippen molar-refractivity contribution >= 4 is 0 Å². The van der Waals surface area contributed by atoms with E-state index in [9.17, 15) is 5.11 Å². The maximum absolute atomic E-state index is 10.6. The van der Waals surface area contributed by atoms with Gasteiger partial charge in [-0.15, -0.1) is 0 Å². The normalized spacial score (nSPS) is 17.9. The third-order valence-electron chi connectivity index (χ3n) is 5.16. The van der Waals surface area contributed by atoms with Gasteiger partial charge in [0.1, 0.15) is 41.5 Å². The monoisotopic (exact) mass is 422 g/mol. The molecule has 0 bridgehead atoms. The number of ether oxygens (including phenoxy) is 4. The summed E-state index contributed by atoms with van der Waals surface area (Å²) in [5.41, 5.74) is 8.01. The van der Waals surface area contributed by atoms with Crippen LogP contribution >= 0.6 is 0 Å². The molecule has 3 aromatic rings. The third-order valence-corrected chi connectivity index (χ3v) is 5.16. The van der Waals surface area contributed by atoms with Crippen LogP contribution in [-0.4, -0.2) is 32.0 Å². The van der Waals surface area contributed by atoms with Gasteiger partial charge in [0, 0.05) is 18.2 Å². The molecule has 4 rings (SSSR count). The fourth-order valence-electron chi connectivity index (χ4n) is 3.50. The zero-order chi connectivity index (χ0) is 21.6. The summed E-state index contributed by atoms with van der Waals surface area (Å²) < 4.78 is 22.4. The summed E-state index contributed by atoms with van der Waals surface area (Å²) in [6.07, 6.45) is -0.192. The van der Waals surface area contributed by atoms with Crippen LogP contribution in [0.15, 0.2) is 66.7 Å². The Morgan fingerprint density at radius 3 is 2.35 bits per heavy atom. The van der Waals surface area contributed by atoms with E-state index in [4.69, 9.17) is 18.9 Å². The maximum Gasteiger partial charge on any atom is 0.133 e. The maximum atomic E-state index is 10.6. The molecule has 0 spiro atoms. The van der Waals surface area contributed by atoms with Crippen molar-refractivity contribution in [3.8, 4) is 28.7 Å². The molecular formula is C24H26N2O5. The van der Waals surface area contributed by atoms with Gasteiger partial charge in [-0.2, -0.15) is 0 Å². The number of benzene rings is 3. The molecule has 2 unspecified atom stereocenters. The van der Waals surface area contributed by atoms with Gasteiger partial charge in [-0.3, -0.25) is 5.43 Å². The van der Waals surface area contributed by atoms with Gasteiger partial charge in [0.25, 0.3) is 0 Å². The fraction of sp³-hybridized carbons (Fsp3) is 0.250. The average molecular weight is 422 g/mol. The largest absolute Gasteiger partial charge is 0.507 e. The molecule has 162 valence electrons. The Labute approximate surface area is 181 Å². The molecule has 7 nitrogen and oxygen atoms in total. The molecule has 2 atom stereocenters. The van der Waals surface area contributed by atoms with E-state index in [-0.39, 0.29) is 17.9 Å². The molecule has 1 aliphatic rings. The molecule has 0 aliphatic carbocycles. The van der Waals surface area contributed by atoms with Crippen LogP contribution in [0.4, 0.5) is 0 Å². The first-order valence-corrected chi connectivity index (χ1v) is 10.0. The Morgan fingerprint density at radius 2 is 1.61 bits per heavy atom. The molecule has 0 amide bonds. The highest BCUT2D eigenvalue weighted by Gasteiger charge is 2.32. The van der Waals surface area contributed by atoms with Gasteiger partial charge in [0.15, 0.2) is 0 Å². The molecule has 0 radical (unpaired) electrons. The van der Waals surface area contributed by atoms with Crippen LogP contribution in [0.3, 0.4) is 0 Å². The van der Waals surface area contributed by atoms with Crippen molar-refractivity contribution in [3.63, 3.8) is 0 Å². The van der Waals surface area contributed by atoms with Crippen LogP contribution in [0.1, 0.15) is 17.2 Å². The summed E-state index contributed by atoms with van der Waals surface area (Å²) in [6, 6.07) is 20.2. The van der Waals surface area contributed by atoms with Crippen LogP contribution in [0.25, 0.3) is 0 Å². The fourth-order valence-corrected chi connectivity index (χ4v) is 3.50. The molecule has 7 heteroatoms. The predicted octanol–water partition coefficient (Wildman–Crippen LogP) is 3.58. The van der Waals surface area contributed by atoms with E-state index in [1.165, 1.54) is 0 Å². The van der Waals surface area contributed by atoms with Gasteiger partial charge in [-0.1, -0.05) is 12.1 Å². The summed E-state index contributed by atoms with van der Waals surface area (Å²) in [4.78, 5) is 0. The van der Waals surface area contributed by atoms with Crippen molar-refractivity contribution in [1.82, 2.24) is 10.9 Å². The van der Waals surface area contributed by atoms with Crippen molar-refractivity contribution in [2.45, 2.75) is 18.8 Å². The highest BCUT2D eigenvalue weighted by atomic mass is 16.5. The van der Waals surface area contributed by atoms with Crippen molar-refractivity contribution in [2.24, 2.45) is 0 Å². The molecule has 31 heavy (non-hydrogen) atoms. The number of hydrazine groups is 1. The first kappa shape index (κ1) is 20.8. The van der Waals surface area contributed by atoms with Crippen molar-refractivity contribution in [2.75, 3.05) is 20.8 Å². The Balaban J connectivity index is 1.42. The van der Waals surface area contributed by atoms with Crippen LogP contribution < -0.4 is 29.8 Å². The van der Waals surface area contributed by atoms with Crippen LogP contribution in [0.2, 0.25) is 0 Å². The highest BCUT2D eigenvalue weighted by Crippen LogP contribution is 2.33. The molecule has 3 N–H and O–H groups in total. The zero-order valence-electron chi connectivity index (χ0n) is 17.5. The molecule has 1 aliphatic heterocycles. The summed E-state index contributed by atoms with van der Waals surface area (Å²) in [5.74, 6) is 3.02. The summed E-state index contributed by atoms with van der Waals surface area (Å²) in [5, 5.41) is 10.6. The van der Waals surface area contributed by atoms with Crippen LogP contribution in [0, 0.1) is 0 Å². The summed E-state index contributed by atoms with van der Waals surface area (Å²) >= 11 is 0. The number of hydrogen-bond donors (Lipinski definition) is 3. The lowest BCUT2D eigenvalue weighted by Crippen LogP contribution is -2.28. The molecule has 1 fully saturated rings. The summed E-state index contributed by atoms with van der Waals surface area (Å²) in [6.45, 7) is 0.979. The van der Waals surface area contributed by atoms with E-state index in [2.05, 4.69) is 10.9 Å². The van der Waals surface area contributed by atoms with Crippen LogP contribution in [-0.2, 0) is 6.61 Å². The molecular weight excluding hydrogens is 396 g/mol. The first-order valence-electron chi connectivity index (χ1n) is 10.0. The molecule has 1 heterocycles. The molecule has 1 saturated heterocycles. The van der Waals surface area contributed by atoms with Gasteiger partial charge in [0.2, 0.25) is 0 Å². The lowest BCUT2D eigenvalue weighted by molar-refractivity contribution is 0.195. The minimum absolute atomic E-state index is 0.146. The quantitative estimate of drug-likeness (QED) is 0.512. The molecule has 3 aromatic carbocycles. The minimum atomic E-state index is -0.213. The van der Waals surface area contributed by atoms with Crippen LogP contribution in [0.5, 0.6) is 28.7 Å². The van der Waals surface area contributed by atoms with E-state index in [0.29, 0.717) is 18.9 Å². The SMILES string of the molecule is COc1ccc(OC2CNNC2c2ccc(OCc3cccc(OC)c3)cc2O)cc1. The van der Waals surface area contributed by atoms with E-state index in [1.807, 2.05) is 60.7 Å². The van der Waals surface area contributed by atoms with Gasteiger partial charge < -0.3 is 24.1 Å². The molecule has 0 saturated carbocycles. The second-order valence-corrected chi connectivity index (χ2v) is 7.20. The topological polar surface area (TPSA) is 81.2 Å². The number of aromatic hydroxyl groups is 1. The minimum Gasteiger partial charge on any atom is -0.507 e. The Kier molecular flexibility index (Phi) is 6.45. The van der Waals surface area contributed by atoms with Crippen molar-refractivity contribution in [1.29, 1.82) is 0 Å². The number of phenols is 1. The number of phenolic OH excluding ortho intramolecular Hbond substituents is 1. The summed E-state index contributed by atoms with van der Waals surface area (Å²) in [7, 11) is 3.26. The van der Waals surface area contributed by atoms with Crippen molar-refractivity contribution in [3.05, 3.63) is 77.9 Å². The van der Waals surface area contributed by atoms with E-state index in [0.717, 1.165) is 28.4 Å². The Bertz CT molecular complexity index is 1010. The number of nitrogens with one attached hydrogen (secondary N) is 2. The molecule has 0 aromatic heterocycles. The van der Waals surface area contributed by atoms with Gasteiger partial charge in [-0.05, 0) is 54.1 Å². The van der Waals surface area contributed by atoms with Gasteiger partial charge >= 0.3 is 0 Å². The smallest absolute Gasteiger partial charge is 0.133 e. The lowest BCUT2D eigenvalue weighted by Gasteiger charge is -2.21. The predicted molar refractivity (Wildman–Crippen MR) is 117 cm³/mol. The standard InChI is InChI=1S/C24H26N2O5/c1-28-17-6-8-18(9-7-17)31-23-14-25-26-24(23)21-11-10-20(13-22(21)27)30-15-16-4-3-5-19(12-16)29-2/h3-13,23-27H,14-15H2,1-2H3. The Hall–Kier alpha value is -3.42. The van der Waals surface area contributed by atoms with Gasteiger partial charge in [-0.25, -0.2) is 5.43 Å². The number of rotatable bonds is 8. The third kappa shape index (κ3) is 5.02. The average Bonchev–Trinajstić information content (AvgIpc) is 3.26. The second-order valence-electron chi connectivity index (χ2n) is 7.20. The Morgan fingerprint density at radius 1 is 0.871 bits per heavy atom. The number of methoxy groups -OCH3 is 2. The lowest BCUT2D eigenvalue weighted by atomic mass is 10.0. The first-order chi connectivity index (χ1) is 15.2. The number of hydrogen-bond acceptors (Lipinski definition) is 7. The second kappa shape index (κ2) is 9.59. The van der Waals surface area contributed by atoms with E-state index in [1.54, 1.807) is 20.3 Å². The van der Waals surface area contributed by atoms with E-state index < -0.39 is 0 Å². The van der Waals surface area contributed by atoms with Crippen molar-refractivity contribution < 1.29 is 24.1 Å². The highest BCUT2D eigenvalue weighted by molar-refractivity contribution is 5.43. The zero-order valence-corrected chi connectivity index (χ0v) is 17.5. The van der Waals surface area contributed by atoms with Gasteiger partial charge in [0.05, 0.1) is 20.3 Å². The van der Waals surface area contributed by atoms with E-state index >= 15 is 0 Å².